The number of fused-ring (bicyclic) bond motifs is 2. The number of esters is 1. The van der Waals surface area contributed by atoms with Gasteiger partial charge in [0, 0.05) is 54.7 Å². The van der Waals surface area contributed by atoms with Crippen molar-refractivity contribution in [3.8, 4) is 0 Å². The number of aromatic amines is 1. The van der Waals surface area contributed by atoms with E-state index in [1.807, 2.05) is 0 Å². The Morgan fingerprint density at radius 1 is 1.31 bits per heavy atom. The average Bonchev–Trinajstić information content (AvgIpc) is 3.11. The highest BCUT2D eigenvalue weighted by molar-refractivity contribution is 5.90. The van der Waals surface area contributed by atoms with Crippen LogP contribution in [0, 0.1) is 5.92 Å². The lowest BCUT2D eigenvalue weighted by Gasteiger charge is -2.46. The molecular formula is C23H31N3O3. The molecule has 1 N–H and O–H groups in total. The van der Waals surface area contributed by atoms with Gasteiger partial charge in [0.25, 0.3) is 0 Å². The summed E-state index contributed by atoms with van der Waals surface area (Å²) in [6.45, 7) is 8.57. The number of hydrogen-bond acceptors (Lipinski definition) is 5. The Labute approximate surface area is 172 Å². The van der Waals surface area contributed by atoms with Gasteiger partial charge in [0.05, 0.1) is 26.2 Å². The van der Waals surface area contributed by atoms with Crippen molar-refractivity contribution in [3.63, 3.8) is 0 Å². The van der Waals surface area contributed by atoms with Crippen molar-refractivity contribution >= 4 is 16.9 Å². The molecule has 2 fully saturated rings. The SMILES string of the molecule is CCN1C[C@H](C(=O)OC)C[C@@H]2c3cccc4[nH]c(CN5CCOCC5)c(c34)C[C@H]21. The van der Waals surface area contributed by atoms with E-state index in [0.29, 0.717) is 12.0 Å². The molecule has 0 saturated carbocycles. The van der Waals surface area contributed by atoms with Crippen LogP contribution < -0.4 is 0 Å². The number of ether oxygens (including phenoxy) is 2. The highest BCUT2D eigenvalue weighted by atomic mass is 16.5. The molecule has 3 heterocycles. The smallest absolute Gasteiger partial charge is 0.309 e. The van der Waals surface area contributed by atoms with Crippen molar-refractivity contribution in [2.45, 2.75) is 38.3 Å². The molecule has 0 spiro atoms. The lowest BCUT2D eigenvalue weighted by atomic mass is 9.72. The van der Waals surface area contributed by atoms with Crippen molar-refractivity contribution < 1.29 is 14.3 Å². The van der Waals surface area contributed by atoms with Gasteiger partial charge in [-0.1, -0.05) is 19.1 Å². The number of nitrogens with one attached hydrogen (secondary N) is 1. The number of hydrogen-bond donors (Lipinski definition) is 1. The van der Waals surface area contributed by atoms with E-state index in [0.717, 1.165) is 58.8 Å². The van der Waals surface area contributed by atoms with Gasteiger partial charge >= 0.3 is 5.97 Å². The molecule has 2 saturated heterocycles. The molecule has 5 rings (SSSR count). The molecule has 1 aliphatic carbocycles. The highest BCUT2D eigenvalue weighted by Crippen LogP contribution is 2.46. The molecule has 1 aromatic carbocycles. The minimum Gasteiger partial charge on any atom is -0.469 e. The minimum atomic E-state index is -0.0676. The number of piperidine rings is 1. The maximum absolute atomic E-state index is 12.3. The summed E-state index contributed by atoms with van der Waals surface area (Å²) < 4.78 is 10.6. The first-order valence-electron chi connectivity index (χ1n) is 10.9. The van der Waals surface area contributed by atoms with Crippen LogP contribution in [0.1, 0.15) is 36.1 Å². The summed E-state index contributed by atoms with van der Waals surface area (Å²) in [7, 11) is 1.51. The van der Waals surface area contributed by atoms with Crippen LogP contribution in [0.5, 0.6) is 0 Å². The number of benzene rings is 1. The van der Waals surface area contributed by atoms with Crippen molar-refractivity contribution in [3.05, 3.63) is 35.0 Å². The topological polar surface area (TPSA) is 57.8 Å². The van der Waals surface area contributed by atoms with E-state index in [2.05, 4.69) is 39.9 Å². The number of carbonyl (C=O) groups is 1. The Morgan fingerprint density at radius 3 is 2.90 bits per heavy atom. The summed E-state index contributed by atoms with van der Waals surface area (Å²) in [4.78, 5) is 21.1. The zero-order chi connectivity index (χ0) is 20.0. The number of carbonyl (C=O) groups excluding carboxylic acids is 1. The van der Waals surface area contributed by atoms with Gasteiger partial charge in [0.1, 0.15) is 0 Å². The van der Waals surface area contributed by atoms with Gasteiger partial charge in [0.15, 0.2) is 0 Å². The second kappa shape index (κ2) is 7.74. The van der Waals surface area contributed by atoms with E-state index >= 15 is 0 Å². The van der Waals surface area contributed by atoms with Crippen LogP contribution in [0.4, 0.5) is 0 Å². The lowest BCUT2D eigenvalue weighted by molar-refractivity contribution is -0.148. The van der Waals surface area contributed by atoms with Crippen LogP contribution in [0.25, 0.3) is 10.9 Å². The number of morpholine rings is 1. The summed E-state index contributed by atoms with van der Waals surface area (Å²) in [6.07, 6.45) is 1.94. The van der Waals surface area contributed by atoms with Crippen molar-refractivity contribution in [1.82, 2.24) is 14.8 Å². The molecule has 2 aliphatic heterocycles. The second-order valence-electron chi connectivity index (χ2n) is 8.66. The van der Waals surface area contributed by atoms with Gasteiger partial charge < -0.3 is 14.5 Å². The average molecular weight is 398 g/mol. The summed E-state index contributed by atoms with van der Waals surface area (Å²) >= 11 is 0. The Kier molecular flexibility index (Phi) is 5.10. The van der Waals surface area contributed by atoms with Crippen LogP contribution in [0.2, 0.25) is 0 Å². The van der Waals surface area contributed by atoms with Crippen LogP contribution in [0.15, 0.2) is 18.2 Å². The normalized spacial score (nSPS) is 27.7. The van der Waals surface area contributed by atoms with Crippen LogP contribution in [-0.2, 0) is 27.2 Å². The van der Waals surface area contributed by atoms with Crippen LogP contribution >= 0.6 is 0 Å². The molecule has 6 nitrogen and oxygen atoms in total. The highest BCUT2D eigenvalue weighted by Gasteiger charge is 2.43. The van der Waals surface area contributed by atoms with E-state index in [1.54, 1.807) is 0 Å². The first kappa shape index (κ1) is 19.1. The van der Waals surface area contributed by atoms with Gasteiger partial charge in [-0.2, -0.15) is 0 Å². The maximum Gasteiger partial charge on any atom is 0.309 e. The van der Waals surface area contributed by atoms with Crippen LogP contribution in [-0.4, -0.2) is 73.3 Å². The van der Waals surface area contributed by atoms with E-state index in [1.165, 1.54) is 34.8 Å². The molecule has 29 heavy (non-hydrogen) atoms. The minimum absolute atomic E-state index is 0.0373. The van der Waals surface area contributed by atoms with Crippen LogP contribution in [0.3, 0.4) is 0 Å². The zero-order valence-corrected chi connectivity index (χ0v) is 17.4. The number of rotatable bonds is 4. The fraction of sp³-hybridized carbons (Fsp3) is 0.609. The van der Waals surface area contributed by atoms with Crippen molar-refractivity contribution in [1.29, 1.82) is 0 Å². The zero-order valence-electron chi connectivity index (χ0n) is 17.4. The maximum atomic E-state index is 12.3. The quantitative estimate of drug-likeness (QED) is 0.804. The molecule has 3 aliphatic rings. The predicted molar refractivity (Wildman–Crippen MR) is 112 cm³/mol. The number of aromatic nitrogens is 1. The van der Waals surface area contributed by atoms with Gasteiger partial charge in [-0.3, -0.25) is 14.6 Å². The number of likely N-dealkylation sites (tertiary alicyclic amines) is 1. The predicted octanol–water partition coefficient (Wildman–Crippen LogP) is 2.52. The molecule has 3 atom stereocenters. The number of nitrogens with zero attached hydrogens (tertiary/aromatic N) is 2. The standard InChI is InChI=1S/C23H31N3O3/c1-3-26-13-15(23(27)28-2)11-17-16-5-4-6-19-22(16)18(12-21(17)26)20(24-19)14-25-7-9-29-10-8-25/h4-6,15,17,21,24H,3,7-14H2,1-2H3/t15-,17-,21-/m1/s1. The number of likely N-dealkylation sites (N-methyl/N-ethyl adjacent to an activating group) is 1. The molecule has 156 valence electrons. The Morgan fingerprint density at radius 2 is 2.14 bits per heavy atom. The fourth-order valence-electron chi connectivity index (χ4n) is 5.78. The third kappa shape index (κ3) is 3.27. The number of methoxy groups -OCH3 is 1. The van der Waals surface area contributed by atoms with E-state index in [4.69, 9.17) is 9.47 Å². The van der Waals surface area contributed by atoms with Gasteiger partial charge in [-0.15, -0.1) is 0 Å². The van der Waals surface area contributed by atoms with Crippen molar-refractivity contribution in [2.75, 3.05) is 46.5 Å². The fourth-order valence-corrected chi connectivity index (χ4v) is 5.78. The molecule has 0 unspecified atom stereocenters. The summed E-state index contributed by atoms with van der Waals surface area (Å²) in [5.74, 6) is 0.280. The third-order valence-corrected chi connectivity index (χ3v) is 7.21. The Hall–Kier alpha value is -1.89. The van der Waals surface area contributed by atoms with Crippen molar-refractivity contribution in [2.24, 2.45) is 5.92 Å². The van der Waals surface area contributed by atoms with E-state index in [-0.39, 0.29) is 11.9 Å². The second-order valence-corrected chi connectivity index (χ2v) is 8.66. The third-order valence-electron chi connectivity index (χ3n) is 7.21. The van der Waals surface area contributed by atoms with E-state index in [9.17, 15) is 4.79 Å². The van der Waals surface area contributed by atoms with Gasteiger partial charge in [-0.05, 0) is 36.6 Å². The molecule has 2 aromatic rings. The monoisotopic (exact) mass is 397 g/mol. The lowest BCUT2D eigenvalue weighted by Crippen LogP contribution is -2.51. The largest absolute Gasteiger partial charge is 0.469 e. The Bertz CT molecular complexity index is 902. The molecule has 0 radical (unpaired) electrons. The first-order chi connectivity index (χ1) is 14.2. The molecule has 0 bridgehead atoms. The summed E-state index contributed by atoms with van der Waals surface area (Å²) in [5.41, 5.74) is 5.49. The molecule has 1 aromatic heterocycles. The van der Waals surface area contributed by atoms with E-state index < -0.39 is 0 Å². The van der Waals surface area contributed by atoms with Gasteiger partial charge in [-0.25, -0.2) is 0 Å². The number of H-pyrrole nitrogens is 1. The molecular weight excluding hydrogens is 366 g/mol. The summed E-state index contributed by atoms with van der Waals surface area (Å²) in [6, 6.07) is 7.10. The van der Waals surface area contributed by atoms with Gasteiger partial charge in [0.2, 0.25) is 0 Å². The first-order valence-corrected chi connectivity index (χ1v) is 10.9. The molecule has 0 amide bonds. The Balaban J connectivity index is 1.53. The molecule has 6 heteroatoms. The summed E-state index contributed by atoms with van der Waals surface area (Å²) in [5, 5.41) is 1.40.